The van der Waals surface area contributed by atoms with E-state index in [1.807, 2.05) is 38.2 Å². The van der Waals surface area contributed by atoms with Crippen LogP contribution < -0.4 is 10.6 Å². The number of carbonyl (C=O) groups is 1. The van der Waals surface area contributed by atoms with Crippen molar-refractivity contribution in [2.75, 3.05) is 20.1 Å². The summed E-state index contributed by atoms with van der Waals surface area (Å²) >= 11 is 5.80. The van der Waals surface area contributed by atoms with E-state index in [4.69, 9.17) is 11.6 Å². The fourth-order valence-electron chi connectivity index (χ4n) is 1.55. The summed E-state index contributed by atoms with van der Waals surface area (Å²) in [4.78, 5) is 11.6. The SMILES string of the molecule is CNCC(C)C(=O)NCCc1ccc(Cl)cc1. The van der Waals surface area contributed by atoms with E-state index >= 15 is 0 Å². The Balaban J connectivity index is 2.28. The van der Waals surface area contributed by atoms with Gasteiger partial charge in [-0.25, -0.2) is 0 Å². The van der Waals surface area contributed by atoms with Crippen molar-refractivity contribution in [2.24, 2.45) is 5.92 Å². The Morgan fingerprint density at radius 2 is 2.00 bits per heavy atom. The second kappa shape index (κ2) is 7.30. The average molecular weight is 255 g/mol. The van der Waals surface area contributed by atoms with Gasteiger partial charge in [0, 0.05) is 24.0 Å². The van der Waals surface area contributed by atoms with Crippen molar-refractivity contribution in [1.29, 1.82) is 0 Å². The lowest BCUT2D eigenvalue weighted by molar-refractivity contribution is -0.124. The van der Waals surface area contributed by atoms with Crippen molar-refractivity contribution in [1.82, 2.24) is 10.6 Å². The quantitative estimate of drug-likeness (QED) is 0.814. The second-order valence-corrected chi connectivity index (χ2v) is 4.56. The third-order valence-electron chi connectivity index (χ3n) is 2.58. The molecule has 1 rings (SSSR count). The fourth-order valence-corrected chi connectivity index (χ4v) is 1.68. The molecular formula is C13H19ClN2O. The van der Waals surface area contributed by atoms with Crippen LogP contribution in [0, 0.1) is 5.92 Å². The van der Waals surface area contributed by atoms with Crippen LogP contribution in [0.3, 0.4) is 0 Å². The first-order valence-electron chi connectivity index (χ1n) is 5.80. The third-order valence-corrected chi connectivity index (χ3v) is 2.84. The van der Waals surface area contributed by atoms with E-state index < -0.39 is 0 Å². The van der Waals surface area contributed by atoms with Gasteiger partial charge in [-0.05, 0) is 31.2 Å². The predicted molar refractivity (Wildman–Crippen MR) is 71.3 cm³/mol. The summed E-state index contributed by atoms with van der Waals surface area (Å²) in [5, 5.41) is 6.64. The van der Waals surface area contributed by atoms with E-state index in [2.05, 4.69) is 10.6 Å². The number of hydrogen-bond acceptors (Lipinski definition) is 2. The maximum Gasteiger partial charge on any atom is 0.224 e. The number of nitrogens with one attached hydrogen (secondary N) is 2. The highest BCUT2D eigenvalue weighted by atomic mass is 35.5. The molecule has 1 atom stereocenters. The van der Waals surface area contributed by atoms with Crippen LogP contribution >= 0.6 is 11.6 Å². The summed E-state index contributed by atoms with van der Waals surface area (Å²) in [7, 11) is 1.84. The molecule has 17 heavy (non-hydrogen) atoms. The lowest BCUT2D eigenvalue weighted by atomic mass is 10.1. The number of halogens is 1. The highest BCUT2D eigenvalue weighted by Crippen LogP contribution is 2.09. The highest BCUT2D eigenvalue weighted by molar-refractivity contribution is 6.30. The molecule has 4 heteroatoms. The molecule has 2 N–H and O–H groups in total. The van der Waals surface area contributed by atoms with Crippen LogP contribution in [0.2, 0.25) is 5.02 Å². The number of hydrogen-bond donors (Lipinski definition) is 2. The van der Waals surface area contributed by atoms with Crippen molar-refractivity contribution < 1.29 is 4.79 Å². The van der Waals surface area contributed by atoms with E-state index in [0.717, 1.165) is 11.4 Å². The van der Waals surface area contributed by atoms with Gasteiger partial charge in [0.2, 0.25) is 5.91 Å². The first-order chi connectivity index (χ1) is 8.13. The molecule has 0 fully saturated rings. The zero-order valence-corrected chi connectivity index (χ0v) is 11.1. The maximum atomic E-state index is 11.6. The fraction of sp³-hybridized carbons (Fsp3) is 0.462. The van der Waals surface area contributed by atoms with Crippen LogP contribution in [0.5, 0.6) is 0 Å². The first kappa shape index (κ1) is 14.0. The van der Waals surface area contributed by atoms with Crippen LogP contribution in [0.25, 0.3) is 0 Å². The molecule has 1 amide bonds. The van der Waals surface area contributed by atoms with Gasteiger partial charge in [-0.15, -0.1) is 0 Å². The average Bonchev–Trinajstić information content (AvgIpc) is 2.32. The summed E-state index contributed by atoms with van der Waals surface area (Å²) in [5.41, 5.74) is 1.18. The largest absolute Gasteiger partial charge is 0.355 e. The van der Waals surface area contributed by atoms with Gasteiger partial charge in [-0.2, -0.15) is 0 Å². The molecule has 0 aliphatic carbocycles. The molecule has 0 saturated heterocycles. The molecule has 1 aromatic carbocycles. The molecule has 0 aromatic heterocycles. The van der Waals surface area contributed by atoms with Crippen molar-refractivity contribution in [3.8, 4) is 0 Å². The number of amides is 1. The monoisotopic (exact) mass is 254 g/mol. The van der Waals surface area contributed by atoms with Gasteiger partial charge in [0.15, 0.2) is 0 Å². The molecule has 1 aromatic rings. The zero-order chi connectivity index (χ0) is 12.7. The summed E-state index contributed by atoms with van der Waals surface area (Å²) < 4.78 is 0. The highest BCUT2D eigenvalue weighted by Gasteiger charge is 2.10. The van der Waals surface area contributed by atoms with Crippen LogP contribution in [0.4, 0.5) is 0 Å². The minimum Gasteiger partial charge on any atom is -0.355 e. The topological polar surface area (TPSA) is 41.1 Å². The summed E-state index contributed by atoms with van der Waals surface area (Å²) in [6.07, 6.45) is 0.829. The van der Waals surface area contributed by atoms with Gasteiger partial charge in [0.25, 0.3) is 0 Å². The lowest BCUT2D eigenvalue weighted by Gasteiger charge is -2.11. The van der Waals surface area contributed by atoms with Gasteiger partial charge in [0.05, 0.1) is 0 Å². The molecule has 0 aliphatic heterocycles. The summed E-state index contributed by atoms with van der Waals surface area (Å²) in [6.45, 7) is 3.27. The molecule has 94 valence electrons. The zero-order valence-electron chi connectivity index (χ0n) is 10.3. The summed E-state index contributed by atoms with van der Waals surface area (Å²) in [6, 6.07) is 7.68. The van der Waals surface area contributed by atoms with Crippen LogP contribution in [-0.4, -0.2) is 26.0 Å². The maximum absolute atomic E-state index is 11.6. The number of rotatable bonds is 6. The molecule has 0 spiro atoms. The van der Waals surface area contributed by atoms with Gasteiger partial charge in [-0.3, -0.25) is 4.79 Å². The van der Waals surface area contributed by atoms with E-state index in [1.165, 1.54) is 5.56 Å². The molecule has 0 bridgehead atoms. The van der Waals surface area contributed by atoms with Crippen LogP contribution in [0.15, 0.2) is 24.3 Å². The van der Waals surface area contributed by atoms with E-state index in [9.17, 15) is 4.79 Å². The Kier molecular flexibility index (Phi) is 6.01. The van der Waals surface area contributed by atoms with Gasteiger partial charge in [0.1, 0.15) is 0 Å². The Morgan fingerprint density at radius 3 is 2.59 bits per heavy atom. The molecule has 0 radical (unpaired) electrons. The molecule has 3 nitrogen and oxygen atoms in total. The molecule has 0 aliphatic rings. The minimum atomic E-state index is 0.00483. The van der Waals surface area contributed by atoms with Crippen LogP contribution in [0.1, 0.15) is 12.5 Å². The Bertz CT molecular complexity index is 351. The number of carbonyl (C=O) groups excluding carboxylic acids is 1. The van der Waals surface area contributed by atoms with E-state index in [-0.39, 0.29) is 11.8 Å². The standard InChI is InChI=1S/C13H19ClN2O/c1-10(9-15-2)13(17)16-8-7-11-3-5-12(14)6-4-11/h3-6,10,15H,7-9H2,1-2H3,(H,16,17). The Hall–Kier alpha value is -1.06. The Labute approximate surface area is 108 Å². The molecular weight excluding hydrogens is 236 g/mol. The molecule has 1 unspecified atom stereocenters. The van der Waals surface area contributed by atoms with Crippen molar-refractivity contribution in [3.63, 3.8) is 0 Å². The van der Waals surface area contributed by atoms with Gasteiger partial charge < -0.3 is 10.6 Å². The smallest absolute Gasteiger partial charge is 0.224 e. The van der Waals surface area contributed by atoms with E-state index in [0.29, 0.717) is 13.1 Å². The first-order valence-corrected chi connectivity index (χ1v) is 6.18. The Morgan fingerprint density at radius 1 is 1.35 bits per heavy atom. The van der Waals surface area contributed by atoms with Crippen LogP contribution in [-0.2, 0) is 11.2 Å². The molecule has 0 saturated carbocycles. The number of benzene rings is 1. The normalized spacial score (nSPS) is 12.2. The van der Waals surface area contributed by atoms with Gasteiger partial charge in [-0.1, -0.05) is 30.7 Å². The van der Waals surface area contributed by atoms with E-state index in [1.54, 1.807) is 0 Å². The summed E-state index contributed by atoms with van der Waals surface area (Å²) in [5.74, 6) is 0.0959. The predicted octanol–water partition coefficient (Wildman–Crippen LogP) is 1.85. The minimum absolute atomic E-state index is 0.00483. The van der Waals surface area contributed by atoms with Crippen molar-refractivity contribution in [3.05, 3.63) is 34.9 Å². The van der Waals surface area contributed by atoms with Crippen molar-refractivity contribution >= 4 is 17.5 Å². The molecule has 0 heterocycles. The lowest BCUT2D eigenvalue weighted by Crippen LogP contribution is -2.35. The van der Waals surface area contributed by atoms with Gasteiger partial charge >= 0.3 is 0 Å². The second-order valence-electron chi connectivity index (χ2n) is 4.13. The van der Waals surface area contributed by atoms with Crippen molar-refractivity contribution in [2.45, 2.75) is 13.3 Å². The third kappa shape index (κ3) is 5.20.